The summed E-state index contributed by atoms with van der Waals surface area (Å²) >= 11 is 0. The van der Waals surface area contributed by atoms with Gasteiger partial charge in [0.25, 0.3) is 0 Å². The number of likely N-dealkylation sites (N-methyl/N-ethyl adjacent to an activating group) is 1. The van der Waals surface area contributed by atoms with Gasteiger partial charge in [0.05, 0.1) is 28.4 Å². The number of benzene rings is 2. The van der Waals surface area contributed by atoms with Crippen LogP contribution in [0.2, 0.25) is 0 Å². The predicted molar refractivity (Wildman–Crippen MR) is 118 cm³/mol. The number of piperidine rings is 1. The molecule has 0 aromatic heterocycles. The van der Waals surface area contributed by atoms with E-state index in [-0.39, 0.29) is 5.78 Å². The quantitative estimate of drug-likeness (QED) is 0.678. The van der Waals surface area contributed by atoms with Crippen molar-refractivity contribution in [2.75, 3.05) is 48.6 Å². The van der Waals surface area contributed by atoms with Crippen LogP contribution in [0.4, 0.5) is 0 Å². The monoisotopic (exact) mass is 409 g/mol. The van der Waals surface area contributed by atoms with Crippen LogP contribution in [0.15, 0.2) is 47.5 Å². The molecule has 1 fully saturated rings. The molecular weight excluding hydrogens is 382 g/mol. The van der Waals surface area contributed by atoms with Crippen LogP contribution >= 0.6 is 0 Å². The second-order valence-electron chi connectivity index (χ2n) is 7.06. The van der Waals surface area contributed by atoms with Crippen molar-refractivity contribution in [1.82, 2.24) is 4.90 Å². The van der Waals surface area contributed by atoms with Crippen molar-refractivity contribution in [2.24, 2.45) is 0 Å². The number of nitrogens with zero attached hydrogens (tertiary/aromatic N) is 1. The Kier molecular flexibility index (Phi) is 6.79. The van der Waals surface area contributed by atoms with Gasteiger partial charge in [0.1, 0.15) is 23.0 Å². The third-order valence-corrected chi connectivity index (χ3v) is 5.00. The molecule has 0 bridgehead atoms. The van der Waals surface area contributed by atoms with Crippen LogP contribution in [0.25, 0.3) is 12.2 Å². The molecule has 0 radical (unpaired) electrons. The minimum Gasteiger partial charge on any atom is -0.497 e. The highest BCUT2D eigenvalue weighted by Crippen LogP contribution is 2.30. The molecule has 0 unspecified atom stereocenters. The number of carbonyl (C=O) groups is 1. The van der Waals surface area contributed by atoms with Crippen molar-refractivity contribution >= 4 is 17.9 Å². The van der Waals surface area contributed by atoms with E-state index >= 15 is 0 Å². The SMILES string of the molecule is COc1ccc(/C=C2\CN(C)C/C(=C\c3ccc(OC)cc3OC)C2=O)c(OC)c1. The lowest BCUT2D eigenvalue weighted by Crippen LogP contribution is -2.34. The zero-order valence-electron chi connectivity index (χ0n) is 18.0. The number of rotatable bonds is 6. The summed E-state index contributed by atoms with van der Waals surface area (Å²) < 4.78 is 21.5. The number of Topliss-reactive ketones (excluding diaryl/α,β-unsaturated/α-hetero) is 1. The highest BCUT2D eigenvalue weighted by molar-refractivity contribution is 6.14. The Balaban J connectivity index is 1.98. The first kappa shape index (κ1) is 21.5. The maximum absolute atomic E-state index is 13.2. The summed E-state index contributed by atoms with van der Waals surface area (Å²) in [6.45, 7) is 1.12. The van der Waals surface area contributed by atoms with Gasteiger partial charge in [-0.15, -0.1) is 0 Å². The van der Waals surface area contributed by atoms with Gasteiger partial charge < -0.3 is 18.9 Å². The second-order valence-corrected chi connectivity index (χ2v) is 7.06. The highest BCUT2D eigenvalue weighted by Gasteiger charge is 2.25. The summed E-state index contributed by atoms with van der Waals surface area (Å²) in [6, 6.07) is 11.1. The summed E-state index contributed by atoms with van der Waals surface area (Å²) in [5.41, 5.74) is 3.06. The van der Waals surface area contributed by atoms with Crippen molar-refractivity contribution in [3.05, 3.63) is 58.7 Å². The van der Waals surface area contributed by atoms with Crippen molar-refractivity contribution in [2.45, 2.75) is 0 Å². The van der Waals surface area contributed by atoms with E-state index in [2.05, 4.69) is 4.90 Å². The van der Waals surface area contributed by atoms with Crippen LogP contribution < -0.4 is 18.9 Å². The van der Waals surface area contributed by atoms with Gasteiger partial charge in [-0.25, -0.2) is 0 Å². The van der Waals surface area contributed by atoms with Crippen LogP contribution in [-0.4, -0.2) is 59.3 Å². The van der Waals surface area contributed by atoms with E-state index in [1.54, 1.807) is 28.4 Å². The number of likely N-dealkylation sites (tertiary alicyclic amines) is 1. The Labute approximate surface area is 177 Å². The number of hydrogen-bond donors (Lipinski definition) is 0. The highest BCUT2D eigenvalue weighted by atomic mass is 16.5. The van der Waals surface area contributed by atoms with Crippen LogP contribution in [0.3, 0.4) is 0 Å². The van der Waals surface area contributed by atoms with E-state index in [4.69, 9.17) is 18.9 Å². The average molecular weight is 409 g/mol. The number of hydrogen-bond acceptors (Lipinski definition) is 6. The molecular formula is C24H27NO5. The predicted octanol–water partition coefficient (Wildman–Crippen LogP) is 3.70. The molecule has 158 valence electrons. The molecule has 1 aliphatic heterocycles. The molecule has 30 heavy (non-hydrogen) atoms. The van der Waals surface area contributed by atoms with E-state index in [1.165, 1.54) is 0 Å². The Hall–Kier alpha value is -3.25. The number of methoxy groups -OCH3 is 4. The van der Waals surface area contributed by atoms with Gasteiger partial charge in [-0.2, -0.15) is 0 Å². The average Bonchev–Trinajstić information content (AvgIpc) is 2.77. The number of ketones is 1. The third kappa shape index (κ3) is 4.66. The van der Waals surface area contributed by atoms with Crippen molar-refractivity contribution in [3.8, 4) is 23.0 Å². The second kappa shape index (κ2) is 9.50. The molecule has 2 aromatic rings. The van der Waals surface area contributed by atoms with Crippen molar-refractivity contribution in [3.63, 3.8) is 0 Å². The van der Waals surface area contributed by atoms with E-state index < -0.39 is 0 Å². The summed E-state index contributed by atoms with van der Waals surface area (Å²) in [6.07, 6.45) is 3.77. The Bertz CT molecular complexity index is 916. The van der Waals surface area contributed by atoms with Crippen LogP contribution in [0, 0.1) is 0 Å². The lowest BCUT2D eigenvalue weighted by Gasteiger charge is -2.26. The molecule has 0 atom stereocenters. The van der Waals surface area contributed by atoms with Gasteiger partial charge in [-0.3, -0.25) is 9.69 Å². The maximum Gasteiger partial charge on any atom is 0.187 e. The minimum atomic E-state index is 0.0174. The summed E-state index contributed by atoms with van der Waals surface area (Å²) in [7, 11) is 8.42. The molecule has 0 amide bonds. The van der Waals surface area contributed by atoms with Crippen molar-refractivity contribution < 1.29 is 23.7 Å². The molecule has 6 nitrogen and oxygen atoms in total. The molecule has 3 rings (SSSR count). The van der Waals surface area contributed by atoms with Crippen molar-refractivity contribution in [1.29, 1.82) is 0 Å². The minimum absolute atomic E-state index is 0.0174. The molecule has 6 heteroatoms. The first-order chi connectivity index (χ1) is 14.5. The van der Waals surface area contributed by atoms with Gasteiger partial charge in [0, 0.05) is 47.5 Å². The van der Waals surface area contributed by atoms with E-state index in [1.807, 2.05) is 55.6 Å². The molecule has 0 aliphatic carbocycles. The molecule has 0 spiro atoms. The normalized spacial score (nSPS) is 17.3. The summed E-state index contributed by atoms with van der Waals surface area (Å²) in [4.78, 5) is 15.3. The van der Waals surface area contributed by atoms with Gasteiger partial charge in [-0.05, 0) is 43.5 Å². The van der Waals surface area contributed by atoms with Crippen LogP contribution in [-0.2, 0) is 4.79 Å². The Morgan fingerprint density at radius 2 is 1.17 bits per heavy atom. The third-order valence-electron chi connectivity index (χ3n) is 5.00. The fourth-order valence-electron chi connectivity index (χ4n) is 3.46. The topological polar surface area (TPSA) is 57.2 Å². The zero-order chi connectivity index (χ0) is 21.7. The van der Waals surface area contributed by atoms with Gasteiger partial charge in [0.2, 0.25) is 0 Å². The van der Waals surface area contributed by atoms with Gasteiger partial charge in [0.15, 0.2) is 5.78 Å². The molecule has 0 N–H and O–H groups in total. The van der Waals surface area contributed by atoms with Gasteiger partial charge in [-0.1, -0.05) is 0 Å². The Morgan fingerprint density at radius 1 is 0.733 bits per heavy atom. The molecule has 1 aliphatic rings. The summed E-state index contributed by atoms with van der Waals surface area (Å²) in [5.74, 6) is 2.74. The number of carbonyl (C=O) groups excluding carboxylic acids is 1. The lowest BCUT2D eigenvalue weighted by atomic mass is 9.94. The standard InChI is InChI=1S/C24H27NO5/c1-25-14-18(10-16-6-8-20(27-2)12-22(16)29-4)24(26)19(15-25)11-17-7-9-21(28-3)13-23(17)30-5/h6-13H,14-15H2,1-5H3/b18-10+,19-11+. The fourth-order valence-corrected chi connectivity index (χ4v) is 3.46. The fraction of sp³-hybridized carbons (Fsp3) is 0.292. The first-order valence-electron chi connectivity index (χ1n) is 9.57. The molecule has 1 heterocycles. The van der Waals surface area contributed by atoms with Gasteiger partial charge >= 0.3 is 0 Å². The molecule has 0 saturated carbocycles. The Morgan fingerprint density at radius 3 is 1.53 bits per heavy atom. The summed E-state index contributed by atoms with van der Waals surface area (Å²) in [5, 5.41) is 0. The molecule has 2 aromatic carbocycles. The van der Waals surface area contributed by atoms with Crippen LogP contribution in [0.1, 0.15) is 11.1 Å². The first-order valence-corrected chi connectivity index (χ1v) is 9.57. The molecule has 1 saturated heterocycles. The maximum atomic E-state index is 13.2. The zero-order valence-corrected chi connectivity index (χ0v) is 18.0. The largest absolute Gasteiger partial charge is 0.497 e. The lowest BCUT2D eigenvalue weighted by molar-refractivity contribution is -0.113. The van der Waals surface area contributed by atoms with Crippen LogP contribution in [0.5, 0.6) is 23.0 Å². The van der Waals surface area contributed by atoms with E-state index in [9.17, 15) is 4.79 Å². The number of ether oxygens (including phenoxy) is 4. The van der Waals surface area contributed by atoms with E-state index in [0.717, 1.165) is 11.1 Å². The smallest absolute Gasteiger partial charge is 0.187 e. The van der Waals surface area contributed by atoms with E-state index in [0.29, 0.717) is 47.2 Å².